The monoisotopic (exact) mass is 347 g/mol. The van der Waals surface area contributed by atoms with Crippen LogP contribution in [-0.4, -0.2) is 18.0 Å². The van der Waals surface area contributed by atoms with Crippen LogP contribution in [0.2, 0.25) is 5.02 Å². The Morgan fingerprint density at radius 1 is 1.04 bits per heavy atom. The van der Waals surface area contributed by atoms with E-state index in [0.717, 1.165) is 22.8 Å². The number of aryl methyl sites for hydroxylation is 1. The zero-order valence-electron chi connectivity index (χ0n) is 12.3. The Bertz CT molecular complexity index is 946. The highest BCUT2D eigenvalue weighted by atomic mass is 35.5. The van der Waals surface area contributed by atoms with Crippen LogP contribution in [-0.2, 0) is 10.0 Å². The van der Waals surface area contributed by atoms with E-state index in [1.165, 1.54) is 12.1 Å². The number of halogens is 1. The van der Waals surface area contributed by atoms with Crippen LogP contribution in [0.1, 0.15) is 5.69 Å². The summed E-state index contributed by atoms with van der Waals surface area (Å²) in [6.07, 6.45) is 1.88. The molecule has 3 aromatic rings. The van der Waals surface area contributed by atoms with Gasteiger partial charge < -0.3 is 0 Å². The molecule has 0 aliphatic rings. The average molecular weight is 348 g/mol. The highest BCUT2D eigenvalue weighted by Gasteiger charge is 2.12. The summed E-state index contributed by atoms with van der Waals surface area (Å²) in [6, 6.07) is 13.7. The topological polar surface area (TPSA) is 78.0 Å². The first-order valence-corrected chi connectivity index (χ1v) is 8.72. The minimum absolute atomic E-state index is 0.0751. The van der Waals surface area contributed by atoms with Gasteiger partial charge in [-0.25, -0.2) is 18.5 Å². The van der Waals surface area contributed by atoms with Gasteiger partial charge >= 0.3 is 0 Å². The van der Waals surface area contributed by atoms with Crippen LogP contribution in [0, 0.1) is 6.92 Å². The van der Waals surface area contributed by atoms with Gasteiger partial charge in [0.05, 0.1) is 10.6 Å². The molecule has 0 bridgehead atoms. The lowest BCUT2D eigenvalue weighted by atomic mass is 10.2. The quantitative estimate of drug-likeness (QED) is 0.790. The van der Waals surface area contributed by atoms with Crippen LogP contribution in [0.25, 0.3) is 17.1 Å². The van der Waals surface area contributed by atoms with Crippen LogP contribution < -0.4 is 5.14 Å². The van der Waals surface area contributed by atoms with E-state index < -0.39 is 10.0 Å². The number of hydrogen-bond donors (Lipinski definition) is 1. The second kappa shape index (κ2) is 5.81. The predicted octanol–water partition coefficient (Wildman–Crippen LogP) is 3.15. The molecule has 5 nitrogen and oxygen atoms in total. The number of hydrogen-bond acceptors (Lipinski definition) is 3. The molecule has 0 saturated heterocycles. The molecule has 0 atom stereocenters. The van der Waals surface area contributed by atoms with E-state index in [4.69, 9.17) is 16.7 Å². The Hall–Kier alpha value is -2.15. The second-order valence-corrected chi connectivity index (χ2v) is 7.12. The largest absolute Gasteiger partial charge is 0.300 e. The Balaban J connectivity index is 2.09. The molecule has 0 fully saturated rings. The molecule has 118 valence electrons. The second-order valence-electron chi connectivity index (χ2n) is 5.12. The van der Waals surface area contributed by atoms with Crippen molar-refractivity contribution in [2.45, 2.75) is 11.8 Å². The summed E-state index contributed by atoms with van der Waals surface area (Å²) < 4.78 is 24.6. The highest BCUT2D eigenvalue weighted by molar-refractivity contribution is 7.89. The number of primary sulfonamides is 1. The molecule has 0 amide bonds. The number of imidazole rings is 1. The van der Waals surface area contributed by atoms with Crippen molar-refractivity contribution in [3.05, 3.63) is 65.4 Å². The van der Waals surface area contributed by atoms with Crippen LogP contribution in [0.15, 0.2) is 59.6 Å². The number of benzene rings is 2. The standard InChI is InChI=1S/C16H14ClN3O2S/c1-11-10-20(14-6-8-15(9-7-14)23(18,21)22)16(19-11)12-2-4-13(17)5-3-12/h2-10H,1H3,(H2,18,21,22). The molecule has 0 spiro atoms. The normalized spacial score (nSPS) is 11.6. The van der Waals surface area contributed by atoms with E-state index in [-0.39, 0.29) is 4.90 Å². The van der Waals surface area contributed by atoms with Crippen molar-refractivity contribution in [1.29, 1.82) is 0 Å². The van der Waals surface area contributed by atoms with Crippen molar-refractivity contribution in [2.75, 3.05) is 0 Å². The van der Waals surface area contributed by atoms with Gasteiger partial charge in [0.25, 0.3) is 0 Å². The molecule has 1 aromatic heterocycles. The minimum atomic E-state index is -3.70. The third-order valence-corrected chi connectivity index (χ3v) is 4.55. The number of nitrogens with zero attached hydrogens (tertiary/aromatic N) is 2. The van der Waals surface area contributed by atoms with Gasteiger partial charge in [-0.15, -0.1) is 0 Å². The van der Waals surface area contributed by atoms with Gasteiger partial charge in [-0.05, 0) is 55.5 Å². The molecular formula is C16H14ClN3O2S. The molecule has 0 radical (unpaired) electrons. The summed E-state index contributed by atoms with van der Waals surface area (Å²) in [5.41, 5.74) is 2.56. The van der Waals surface area contributed by atoms with Crippen molar-refractivity contribution >= 4 is 21.6 Å². The number of nitrogens with two attached hydrogens (primary N) is 1. The van der Waals surface area contributed by atoms with E-state index >= 15 is 0 Å². The zero-order valence-corrected chi connectivity index (χ0v) is 13.8. The maximum absolute atomic E-state index is 11.4. The third-order valence-electron chi connectivity index (χ3n) is 3.37. The first-order valence-electron chi connectivity index (χ1n) is 6.80. The fourth-order valence-electron chi connectivity index (χ4n) is 2.29. The van der Waals surface area contributed by atoms with Crippen LogP contribution in [0.5, 0.6) is 0 Å². The minimum Gasteiger partial charge on any atom is -0.300 e. The molecule has 23 heavy (non-hydrogen) atoms. The summed E-state index contributed by atoms with van der Waals surface area (Å²) in [5.74, 6) is 0.752. The Morgan fingerprint density at radius 3 is 2.22 bits per heavy atom. The summed E-state index contributed by atoms with van der Waals surface area (Å²) in [6.45, 7) is 1.90. The lowest BCUT2D eigenvalue weighted by Gasteiger charge is -2.09. The molecule has 0 saturated carbocycles. The fourth-order valence-corrected chi connectivity index (χ4v) is 2.94. The summed E-state index contributed by atoms with van der Waals surface area (Å²) in [7, 11) is -3.70. The first-order chi connectivity index (χ1) is 10.8. The van der Waals surface area contributed by atoms with E-state index in [1.807, 2.05) is 29.8 Å². The Morgan fingerprint density at radius 2 is 1.65 bits per heavy atom. The van der Waals surface area contributed by atoms with Gasteiger partial charge in [0.1, 0.15) is 5.82 Å². The number of rotatable bonds is 3. The lowest BCUT2D eigenvalue weighted by molar-refractivity contribution is 0.598. The molecular weight excluding hydrogens is 334 g/mol. The van der Waals surface area contributed by atoms with Crippen LogP contribution >= 0.6 is 11.6 Å². The summed E-state index contributed by atoms with van der Waals surface area (Å²) in [4.78, 5) is 4.61. The van der Waals surface area contributed by atoms with Gasteiger partial charge in [-0.2, -0.15) is 0 Å². The van der Waals surface area contributed by atoms with Gasteiger partial charge in [-0.3, -0.25) is 4.57 Å². The molecule has 1 heterocycles. The lowest BCUT2D eigenvalue weighted by Crippen LogP contribution is -2.12. The number of sulfonamides is 1. The zero-order chi connectivity index (χ0) is 16.6. The maximum Gasteiger partial charge on any atom is 0.238 e. The molecule has 2 N–H and O–H groups in total. The van der Waals surface area contributed by atoms with E-state index in [0.29, 0.717) is 5.02 Å². The molecule has 7 heteroatoms. The summed E-state index contributed by atoms with van der Waals surface area (Å²) in [5, 5.41) is 5.78. The molecule has 3 rings (SSSR count). The van der Waals surface area contributed by atoms with Crippen molar-refractivity contribution < 1.29 is 8.42 Å². The molecule has 0 aliphatic carbocycles. The van der Waals surface area contributed by atoms with Crippen LogP contribution in [0.4, 0.5) is 0 Å². The van der Waals surface area contributed by atoms with Gasteiger partial charge in [0.2, 0.25) is 10.0 Å². The fraction of sp³-hybridized carbons (Fsp3) is 0.0625. The van der Waals surface area contributed by atoms with Gasteiger partial charge in [0, 0.05) is 22.5 Å². The van der Waals surface area contributed by atoms with E-state index in [1.54, 1.807) is 24.3 Å². The first kappa shape index (κ1) is 15.7. The third kappa shape index (κ3) is 3.29. The Kier molecular flexibility index (Phi) is 3.97. The maximum atomic E-state index is 11.4. The van der Waals surface area contributed by atoms with Gasteiger partial charge in [-0.1, -0.05) is 11.6 Å². The van der Waals surface area contributed by atoms with E-state index in [9.17, 15) is 8.42 Å². The van der Waals surface area contributed by atoms with Crippen LogP contribution in [0.3, 0.4) is 0 Å². The van der Waals surface area contributed by atoms with Crippen molar-refractivity contribution in [3.8, 4) is 17.1 Å². The van der Waals surface area contributed by atoms with E-state index in [2.05, 4.69) is 4.98 Å². The predicted molar refractivity (Wildman–Crippen MR) is 90.1 cm³/mol. The van der Waals surface area contributed by atoms with Crippen molar-refractivity contribution in [1.82, 2.24) is 9.55 Å². The van der Waals surface area contributed by atoms with Crippen molar-refractivity contribution in [2.24, 2.45) is 5.14 Å². The molecule has 0 unspecified atom stereocenters. The molecule has 0 aliphatic heterocycles. The highest BCUT2D eigenvalue weighted by Crippen LogP contribution is 2.25. The molecule has 2 aromatic carbocycles. The van der Waals surface area contributed by atoms with Crippen molar-refractivity contribution in [3.63, 3.8) is 0 Å². The van der Waals surface area contributed by atoms with Gasteiger partial charge in [0.15, 0.2) is 0 Å². The average Bonchev–Trinajstić information content (AvgIpc) is 2.89. The smallest absolute Gasteiger partial charge is 0.238 e. The Labute approximate surface area is 139 Å². The summed E-state index contributed by atoms with van der Waals surface area (Å²) >= 11 is 5.93. The SMILES string of the molecule is Cc1cn(-c2ccc(S(N)(=O)=O)cc2)c(-c2ccc(Cl)cc2)n1. The number of aromatic nitrogens is 2.